The van der Waals surface area contributed by atoms with Crippen molar-refractivity contribution in [2.45, 2.75) is 12.6 Å². The average Bonchev–Trinajstić information content (AvgIpc) is 2.53. The first-order valence-electron chi connectivity index (χ1n) is 7.01. The van der Waals surface area contributed by atoms with Crippen LogP contribution < -0.4 is 10.6 Å². The highest BCUT2D eigenvalue weighted by Gasteiger charge is 2.24. The lowest BCUT2D eigenvalue weighted by Gasteiger charge is -2.37. The van der Waals surface area contributed by atoms with Crippen molar-refractivity contribution in [3.8, 4) is 0 Å². The van der Waals surface area contributed by atoms with Crippen LogP contribution in [0.4, 0.5) is 5.69 Å². The topological polar surface area (TPSA) is 58.7 Å². The second kappa shape index (κ2) is 5.79. The molecule has 106 valence electrons. The van der Waals surface area contributed by atoms with Gasteiger partial charge in [0.1, 0.15) is 0 Å². The molecule has 2 aromatic carbocycles. The van der Waals surface area contributed by atoms with Crippen molar-refractivity contribution in [1.82, 2.24) is 0 Å². The molecule has 0 spiro atoms. The molecule has 4 heteroatoms. The van der Waals surface area contributed by atoms with Crippen LogP contribution in [-0.2, 0) is 11.3 Å². The zero-order chi connectivity index (χ0) is 13.9. The fourth-order valence-electron chi connectivity index (χ4n) is 2.90. The van der Waals surface area contributed by atoms with Crippen LogP contribution in [0.15, 0.2) is 36.4 Å². The number of rotatable bonds is 3. The number of aliphatic hydroxyl groups excluding tert-OH is 1. The van der Waals surface area contributed by atoms with Crippen LogP contribution in [0.5, 0.6) is 0 Å². The summed E-state index contributed by atoms with van der Waals surface area (Å²) in [5, 5.41) is 11.9. The first-order valence-corrected chi connectivity index (χ1v) is 7.01. The van der Waals surface area contributed by atoms with Gasteiger partial charge in [0.05, 0.1) is 25.9 Å². The van der Waals surface area contributed by atoms with Crippen molar-refractivity contribution in [3.05, 3.63) is 42.0 Å². The van der Waals surface area contributed by atoms with Crippen LogP contribution in [0, 0.1) is 0 Å². The molecule has 2 aromatic rings. The molecule has 0 amide bonds. The van der Waals surface area contributed by atoms with Gasteiger partial charge >= 0.3 is 0 Å². The van der Waals surface area contributed by atoms with Gasteiger partial charge in [-0.2, -0.15) is 0 Å². The Kier molecular flexibility index (Phi) is 3.87. The number of hydrogen-bond donors (Lipinski definition) is 2. The highest BCUT2D eigenvalue weighted by Crippen LogP contribution is 2.31. The van der Waals surface area contributed by atoms with E-state index >= 15 is 0 Å². The van der Waals surface area contributed by atoms with Gasteiger partial charge in [0, 0.05) is 24.2 Å². The highest BCUT2D eigenvalue weighted by molar-refractivity contribution is 5.96. The lowest BCUT2D eigenvalue weighted by atomic mass is 10.0. The van der Waals surface area contributed by atoms with Crippen LogP contribution in [-0.4, -0.2) is 37.5 Å². The number of ether oxygens (including phenoxy) is 1. The Morgan fingerprint density at radius 2 is 2.00 bits per heavy atom. The van der Waals surface area contributed by atoms with E-state index in [0.717, 1.165) is 17.8 Å². The molecule has 0 bridgehead atoms. The number of benzene rings is 2. The van der Waals surface area contributed by atoms with Crippen molar-refractivity contribution in [2.24, 2.45) is 5.73 Å². The average molecular weight is 272 g/mol. The summed E-state index contributed by atoms with van der Waals surface area (Å²) in [7, 11) is 0. The zero-order valence-corrected chi connectivity index (χ0v) is 11.5. The Bertz CT molecular complexity index is 600. The van der Waals surface area contributed by atoms with Gasteiger partial charge in [0.15, 0.2) is 0 Å². The number of morpholine rings is 1. The number of fused-ring (bicyclic) bond motifs is 1. The predicted molar refractivity (Wildman–Crippen MR) is 80.9 cm³/mol. The van der Waals surface area contributed by atoms with Crippen molar-refractivity contribution in [3.63, 3.8) is 0 Å². The van der Waals surface area contributed by atoms with Gasteiger partial charge in [-0.1, -0.05) is 30.3 Å². The molecule has 0 aliphatic carbocycles. The molecule has 1 unspecified atom stereocenters. The Labute approximate surface area is 118 Å². The second-order valence-corrected chi connectivity index (χ2v) is 5.10. The quantitative estimate of drug-likeness (QED) is 0.889. The minimum atomic E-state index is 0.0240. The fraction of sp³-hybridized carbons (Fsp3) is 0.375. The third kappa shape index (κ3) is 2.26. The van der Waals surface area contributed by atoms with Crippen molar-refractivity contribution in [2.75, 3.05) is 31.3 Å². The number of nitrogens with two attached hydrogens (primary N) is 1. The molecule has 0 radical (unpaired) electrons. The minimum Gasteiger partial charge on any atom is -0.394 e. The molecule has 0 aromatic heterocycles. The second-order valence-electron chi connectivity index (χ2n) is 5.10. The van der Waals surface area contributed by atoms with E-state index in [9.17, 15) is 5.11 Å². The minimum absolute atomic E-state index is 0.0240. The molecular formula is C16H20N2O2. The summed E-state index contributed by atoms with van der Waals surface area (Å²) in [4.78, 5) is 2.24. The molecule has 20 heavy (non-hydrogen) atoms. The van der Waals surface area contributed by atoms with E-state index in [0.29, 0.717) is 19.8 Å². The first-order chi connectivity index (χ1) is 9.85. The maximum Gasteiger partial charge on any atom is 0.0755 e. The van der Waals surface area contributed by atoms with E-state index in [1.54, 1.807) is 0 Å². The summed E-state index contributed by atoms with van der Waals surface area (Å²) < 4.78 is 5.46. The molecule has 3 rings (SSSR count). The molecule has 1 atom stereocenters. The van der Waals surface area contributed by atoms with Gasteiger partial charge in [0.25, 0.3) is 0 Å². The lowest BCUT2D eigenvalue weighted by Crippen LogP contribution is -2.47. The normalized spacial score (nSPS) is 19.5. The van der Waals surface area contributed by atoms with E-state index < -0.39 is 0 Å². The number of nitrogens with zero attached hydrogens (tertiary/aromatic N) is 1. The van der Waals surface area contributed by atoms with Crippen LogP contribution in [0.2, 0.25) is 0 Å². The van der Waals surface area contributed by atoms with Gasteiger partial charge in [-0.3, -0.25) is 0 Å². The molecule has 4 nitrogen and oxygen atoms in total. The molecular weight excluding hydrogens is 252 g/mol. The van der Waals surface area contributed by atoms with Gasteiger partial charge in [0.2, 0.25) is 0 Å². The van der Waals surface area contributed by atoms with Crippen molar-refractivity contribution < 1.29 is 9.84 Å². The summed E-state index contributed by atoms with van der Waals surface area (Å²) in [6.45, 7) is 2.71. The van der Waals surface area contributed by atoms with E-state index in [1.807, 2.05) is 12.1 Å². The van der Waals surface area contributed by atoms with Gasteiger partial charge in [-0.05, 0) is 17.0 Å². The number of hydrogen-bond acceptors (Lipinski definition) is 4. The van der Waals surface area contributed by atoms with Crippen molar-refractivity contribution in [1.29, 1.82) is 0 Å². The Morgan fingerprint density at radius 3 is 2.75 bits per heavy atom. The van der Waals surface area contributed by atoms with Gasteiger partial charge in [-0.15, -0.1) is 0 Å². The monoisotopic (exact) mass is 272 g/mol. The van der Waals surface area contributed by atoms with E-state index in [2.05, 4.69) is 29.2 Å². The maximum absolute atomic E-state index is 9.55. The standard InChI is InChI=1S/C16H20N2O2/c17-9-12-5-6-16(15-4-2-1-3-14(12)15)18-7-8-20-11-13(18)10-19/h1-6,13,19H,7-11,17H2. The summed E-state index contributed by atoms with van der Waals surface area (Å²) in [5.74, 6) is 0. The molecule has 1 saturated heterocycles. The summed E-state index contributed by atoms with van der Waals surface area (Å²) in [6, 6.07) is 12.5. The molecule has 1 heterocycles. The Balaban J connectivity index is 2.11. The zero-order valence-electron chi connectivity index (χ0n) is 11.5. The maximum atomic E-state index is 9.55. The lowest BCUT2D eigenvalue weighted by molar-refractivity contribution is 0.0728. The summed E-state index contributed by atoms with van der Waals surface area (Å²) in [5.41, 5.74) is 8.13. The Morgan fingerprint density at radius 1 is 1.20 bits per heavy atom. The predicted octanol–water partition coefficient (Wildman–Crippen LogP) is 1.50. The third-order valence-electron chi connectivity index (χ3n) is 3.96. The van der Waals surface area contributed by atoms with Crippen LogP contribution in [0.1, 0.15) is 5.56 Å². The van der Waals surface area contributed by atoms with Crippen LogP contribution >= 0.6 is 0 Å². The number of anilines is 1. The molecule has 3 N–H and O–H groups in total. The number of aliphatic hydroxyl groups is 1. The Hall–Kier alpha value is -1.62. The molecule has 1 aliphatic heterocycles. The van der Waals surface area contributed by atoms with Crippen molar-refractivity contribution >= 4 is 16.5 Å². The smallest absolute Gasteiger partial charge is 0.0755 e. The molecule has 1 fully saturated rings. The first kappa shape index (κ1) is 13.4. The summed E-state index contributed by atoms with van der Waals surface area (Å²) in [6.07, 6.45) is 0. The highest BCUT2D eigenvalue weighted by atomic mass is 16.5. The van der Waals surface area contributed by atoms with E-state index in [4.69, 9.17) is 10.5 Å². The van der Waals surface area contributed by atoms with Gasteiger partial charge in [-0.25, -0.2) is 0 Å². The van der Waals surface area contributed by atoms with Gasteiger partial charge < -0.3 is 20.5 Å². The van der Waals surface area contributed by atoms with Crippen LogP contribution in [0.3, 0.4) is 0 Å². The van der Waals surface area contributed by atoms with E-state index in [-0.39, 0.29) is 12.6 Å². The SMILES string of the molecule is NCc1ccc(N2CCOCC2CO)c2ccccc12. The molecule has 1 aliphatic rings. The summed E-state index contributed by atoms with van der Waals surface area (Å²) >= 11 is 0. The van der Waals surface area contributed by atoms with E-state index in [1.165, 1.54) is 10.8 Å². The largest absolute Gasteiger partial charge is 0.394 e. The van der Waals surface area contributed by atoms with Crippen LogP contribution in [0.25, 0.3) is 10.8 Å². The fourth-order valence-corrected chi connectivity index (χ4v) is 2.90. The molecule has 0 saturated carbocycles. The third-order valence-corrected chi connectivity index (χ3v) is 3.96.